The van der Waals surface area contributed by atoms with Crippen LogP contribution in [0.3, 0.4) is 0 Å². The van der Waals surface area contributed by atoms with Gasteiger partial charge in [-0.3, -0.25) is 0 Å². The van der Waals surface area contributed by atoms with Crippen LogP contribution in [0, 0.1) is 0 Å². The van der Waals surface area contributed by atoms with Crippen LogP contribution in [0.5, 0.6) is 0 Å². The predicted molar refractivity (Wildman–Crippen MR) is 59.2 cm³/mol. The van der Waals surface area contributed by atoms with Crippen LogP contribution < -0.4 is 11.1 Å². The number of carbonyl (C=O) groups is 1. The molecule has 15 heavy (non-hydrogen) atoms. The fraction of sp³-hybridized carbons (Fsp3) is 0.889. The molecular formula is C9H19ClN2O3. The van der Waals surface area contributed by atoms with E-state index in [4.69, 9.17) is 15.2 Å². The smallest absolute Gasteiger partial charge is 0.408 e. The summed E-state index contributed by atoms with van der Waals surface area (Å²) in [6, 6.07) is 0. The molecule has 1 aliphatic heterocycles. The van der Waals surface area contributed by atoms with Gasteiger partial charge in [0.1, 0.15) is 11.1 Å². The number of halogens is 1. The van der Waals surface area contributed by atoms with E-state index in [1.807, 2.05) is 20.8 Å². The summed E-state index contributed by atoms with van der Waals surface area (Å²) in [7, 11) is 0. The number of alkyl carbamates (subject to hydrolysis) is 1. The molecule has 0 bridgehead atoms. The molecular weight excluding hydrogens is 220 g/mol. The number of carbonyl (C=O) groups excluding carboxylic acids is 1. The largest absolute Gasteiger partial charge is 0.444 e. The van der Waals surface area contributed by atoms with Gasteiger partial charge in [0.2, 0.25) is 0 Å². The van der Waals surface area contributed by atoms with Crippen LogP contribution in [0.2, 0.25) is 0 Å². The molecule has 1 saturated heterocycles. The Morgan fingerprint density at radius 2 is 2.07 bits per heavy atom. The third-order valence-electron chi connectivity index (χ3n) is 1.91. The van der Waals surface area contributed by atoms with Crippen LogP contribution in [0.25, 0.3) is 0 Å². The number of ether oxygens (including phenoxy) is 2. The fourth-order valence-electron chi connectivity index (χ4n) is 1.11. The molecule has 0 aliphatic carbocycles. The lowest BCUT2D eigenvalue weighted by atomic mass is 9.98. The fourth-order valence-corrected chi connectivity index (χ4v) is 1.11. The van der Waals surface area contributed by atoms with Crippen molar-refractivity contribution in [3.63, 3.8) is 0 Å². The van der Waals surface area contributed by atoms with Gasteiger partial charge in [0, 0.05) is 6.54 Å². The average Bonchev–Trinajstić information content (AvgIpc) is 1.93. The molecule has 0 spiro atoms. The van der Waals surface area contributed by atoms with Gasteiger partial charge in [-0.15, -0.1) is 12.4 Å². The summed E-state index contributed by atoms with van der Waals surface area (Å²) in [5, 5.41) is 2.72. The van der Waals surface area contributed by atoms with E-state index in [9.17, 15) is 4.79 Å². The van der Waals surface area contributed by atoms with Gasteiger partial charge < -0.3 is 20.5 Å². The van der Waals surface area contributed by atoms with Crippen LogP contribution in [0.1, 0.15) is 20.8 Å². The molecule has 1 rings (SSSR count). The summed E-state index contributed by atoms with van der Waals surface area (Å²) in [5.41, 5.74) is 4.63. The van der Waals surface area contributed by atoms with E-state index in [-0.39, 0.29) is 12.4 Å². The highest BCUT2D eigenvalue weighted by atomic mass is 35.5. The molecule has 5 nitrogen and oxygen atoms in total. The number of amides is 1. The van der Waals surface area contributed by atoms with Crippen molar-refractivity contribution in [1.29, 1.82) is 0 Å². The van der Waals surface area contributed by atoms with E-state index in [0.717, 1.165) is 0 Å². The van der Waals surface area contributed by atoms with Crippen LogP contribution in [-0.4, -0.2) is 37.0 Å². The zero-order chi connectivity index (χ0) is 10.8. The zero-order valence-electron chi connectivity index (χ0n) is 9.33. The maximum absolute atomic E-state index is 11.4. The first kappa shape index (κ1) is 14.5. The lowest BCUT2D eigenvalue weighted by Crippen LogP contribution is -2.66. The predicted octanol–water partition coefficient (Wildman–Crippen LogP) is 0.661. The lowest BCUT2D eigenvalue weighted by molar-refractivity contribution is -0.0708. The summed E-state index contributed by atoms with van der Waals surface area (Å²) in [6.07, 6.45) is -0.439. The lowest BCUT2D eigenvalue weighted by Gasteiger charge is -2.41. The van der Waals surface area contributed by atoms with Crippen molar-refractivity contribution in [2.45, 2.75) is 31.9 Å². The van der Waals surface area contributed by atoms with E-state index >= 15 is 0 Å². The quantitative estimate of drug-likeness (QED) is 0.741. The van der Waals surface area contributed by atoms with Gasteiger partial charge in [-0.1, -0.05) is 0 Å². The number of hydrogen-bond donors (Lipinski definition) is 2. The minimum atomic E-state index is -0.482. The molecule has 1 heterocycles. The summed E-state index contributed by atoms with van der Waals surface area (Å²) < 4.78 is 10.1. The minimum absolute atomic E-state index is 0. The SMILES string of the molecule is CC(C)(C)OC(=O)NC1(CN)COC1.Cl. The highest BCUT2D eigenvalue weighted by Crippen LogP contribution is 2.16. The Kier molecular flexibility index (Phi) is 4.83. The van der Waals surface area contributed by atoms with E-state index in [1.54, 1.807) is 0 Å². The number of hydrogen-bond acceptors (Lipinski definition) is 4. The summed E-state index contributed by atoms with van der Waals surface area (Å²) >= 11 is 0. The van der Waals surface area contributed by atoms with Crippen LogP contribution in [0.4, 0.5) is 4.79 Å². The van der Waals surface area contributed by atoms with Gasteiger partial charge in [0.15, 0.2) is 0 Å². The number of nitrogens with two attached hydrogens (primary N) is 1. The molecule has 1 amide bonds. The molecule has 0 radical (unpaired) electrons. The van der Waals surface area contributed by atoms with E-state index < -0.39 is 17.2 Å². The Balaban J connectivity index is 0.00000196. The first-order chi connectivity index (χ1) is 6.37. The third-order valence-corrected chi connectivity index (χ3v) is 1.91. The Hall–Kier alpha value is -0.520. The zero-order valence-corrected chi connectivity index (χ0v) is 10.1. The van der Waals surface area contributed by atoms with Crippen LogP contribution >= 0.6 is 12.4 Å². The monoisotopic (exact) mass is 238 g/mol. The summed E-state index contributed by atoms with van der Waals surface area (Å²) in [6.45, 7) is 6.74. The molecule has 0 aromatic carbocycles. The molecule has 0 saturated carbocycles. The van der Waals surface area contributed by atoms with E-state index in [1.165, 1.54) is 0 Å². The molecule has 0 aromatic rings. The van der Waals surface area contributed by atoms with Crippen molar-refractivity contribution >= 4 is 18.5 Å². The van der Waals surface area contributed by atoms with Crippen molar-refractivity contribution in [1.82, 2.24) is 5.32 Å². The second kappa shape index (κ2) is 5.01. The van der Waals surface area contributed by atoms with E-state index in [0.29, 0.717) is 19.8 Å². The van der Waals surface area contributed by atoms with Crippen molar-refractivity contribution in [3.05, 3.63) is 0 Å². The van der Waals surface area contributed by atoms with Gasteiger partial charge in [-0.2, -0.15) is 0 Å². The first-order valence-electron chi connectivity index (χ1n) is 4.66. The van der Waals surface area contributed by atoms with Crippen molar-refractivity contribution in [2.24, 2.45) is 5.73 Å². The minimum Gasteiger partial charge on any atom is -0.444 e. The Morgan fingerprint density at radius 3 is 2.33 bits per heavy atom. The highest BCUT2D eigenvalue weighted by molar-refractivity contribution is 5.85. The van der Waals surface area contributed by atoms with Gasteiger partial charge >= 0.3 is 6.09 Å². The maximum atomic E-state index is 11.4. The summed E-state index contributed by atoms with van der Waals surface area (Å²) in [4.78, 5) is 11.4. The van der Waals surface area contributed by atoms with Crippen LogP contribution in [-0.2, 0) is 9.47 Å². The summed E-state index contributed by atoms with van der Waals surface area (Å²) in [5.74, 6) is 0. The van der Waals surface area contributed by atoms with Crippen molar-refractivity contribution in [3.8, 4) is 0 Å². The molecule has 1 fully saturated rings. The maximum Gasteiger partial charge on any atom is 0.408 e. The molecule has 0 unspecified atom stereocenters. The highest BCUT2D eigenvalue weighted by Gasteiger charge is 2.39. The number of nitrogens with one attached hydrogen (secondary N) is 1. The van der Waals surface area contributed by atoms with Gasteiger partial charge in [-0.05, 0) is 20.8 Å². The molecule has 3 N–H and O–H groups in total. The molecule has 0 aromatic heterocycles. The Bertz CT molecular complexity index is 218. The second-order valence-corrected chi connectivity index (χ2v) is 4.60. The standard InChI is InChI=1S/C9H18N2O3.ClH/c1-8(2,3)14-7(12)11-9(4-10)5-13-6-9;/h4-6,10H2,1-3H3,(H,11,12);1H. The van der Waals surface area contributed by atoms with Crippen molar-refractivity contribution in [2.75, 3.05) is 19.8 Å². The normalized spacial score (nSPS) is 18.4. The second-order valence-electron chi connectivity index (χ2n) is 4.60. The number of rotatable bonds is 2. The first-order valence-corrected chi connectivity index (χ1v) is 4.66. The third kappa shape index (κ3) is 4.24. The Morgan fingerprint density at radius 1 is 1.53 bits per heavy atom. The molecule has 90 valence electrons. The van der Waals surface area contributed by atoms with Crippen molar-refractivity contribution < 1.29 is 14.3 Å². The molecule has 6 heteroatoms. The molecule has 1 aliphatic rings. The Labute approximate surface area is 96.1 Å². The van der Waals surface area contributed by atoms with Gasteiger partial charge in [-0.25, -0.2) is 4.79 Å². The molecule has 0 atom stereocenters. The van der Waals surface area contributed by atoms with Crippen LogP contribution in [0.15, 0.2) is 0 Å². The average molecular weight is 239 g/mol. The van der Waals surface area contributed by atoms with Gasteiger partial charge in [0.05, 0.1) is 13.2 Å². The topological polar surface area (TPSA) is 73.6 Å². The van der Waals surface area contributed by atoms with E-state index in [2.05, 4.69) is 5.32 Å². The van der Waals surface area contributed by atoms with Gasteiger partial charge in [0.25, 0.3) is 0 Å².